The van der Waals surface area contributed by atoms with E-state index in [-0.39, 0.29) is 28.0 Å². The van der Waals surface area contributed by atoms with Gasteiger partial charge in [0.1, 0.15) is 5.69 Å². The highest BCUT2D eigenvalue weighted by atomic mass is 32.2. The third kappa shape index (κ3) is 3.41. The highest BCUT2D eigenvalue weighted by molar-refractivity contribution is 8.29. The van der Waals surface area contributed by atoms with Crippen molar-refractivity contribution in [3.8, 4) is 0 Å². The van der Waals surface area contributed by atoms with Crippen LogP contribution in [0.2, 0.25) is 0 Å². The van der Waals surface area contributed by atoms with Gasteiger partial charge in [-0.05, 0) is 43.8 Å². The van der Waals surface area contributed by atoms with E-state index in [1.165, 1.54) is 48.4 Å². The summed E-state index contributed by atoms with van der Waals surface area (Å²) in [5.41, 5.74) is 1.57. The zero-order chi connectivity index (χ0) is 22.3. The summed E-state index contributed by atoms with van der Waals surface area (Å²) in [6.07, 6.45) is 0. The second kappa shape index (κ2) is 7.86. The van der Waals surface area contributed by atoms with Crippen LogP contribution < -0.4 is 9.91 Å². The first-order valence-corrected chi connectivity index (χ1v) is 11.0. The minimum atomic E-state index is -1.14. The van der Waals surface area contributed by atoms with Crippen molar-refractivity contribution in [2.24, 2.45) is 5.10 Å². The van der Waals surface area contributed by atoms with Gasteiger partial charge in [0.25, 0.3) is 5.69 Å². The van der Waals surface area contributed by atoms with E-state index >= 15 is 0 Å². The van der Waals surface area contributed by atoms with Gasteiger partial charge in [0.2, 0.25) is 4.33 Å². The summed E-state index contributed by atoms with van der Waals surface area (Å²) >= 11 is 2.42. The molecule has 0 bridgehead atoms. The van der Waals surface area contributed by atoms with Crippen LogP contribution >= 0.6 is 23.5 Å². The average Bonchev–Trinajstić information content (AvgIpc) is 3.26. The molecular formula is C21H18N4O4S2. The lowest BCUT2D eigenvalue weighted by molar-refractivity contribution is -0.384. The number of nitrogens with zero attached hydrogens (tertiary/aromatic N) is 4. The number of anilines is 2. The van der Waals surface area contributed by atoms with E-state index in [9.17, 15) is 19.7 Å². The summed E-state index contributed by atoms with van der Waals surface area (Å²) in [4.78, 5) is 38.5. The number of hydrogen-bond donors (Lipinski definition) is 0. The number of hydrogen-bond acceptors (Lipinski definition) is 9. The SMILES string of the molecule is CC(=O)C1=NN(c2ccccc2[N+](=O)[O-])[C@]2(S1)SC(C(C)=O)=C(C)N2c1ccccc1. The molecule has 0 unspecified atom stereocenters. The smallest absolute Gasteiger partial charge is 0.294 e. The molecule has 2 aliphatic rings. The van der Waals surface area contributed by atoms with Gasteiger partial charge >= 0.3 is 0 Å². The zero-order valence-electron chi connectivity index (χ0n) is 16.9. The molecule has 1 spiro atoms. The Balaban J connectivity index is 1.97. The topological polar surface area (TPSA) is 96.1 Å². The molecule has 1 atom stereocenters. The Kier molecular flexibility index (Phi) is 5.36. The Labute approximate surface area is 187 Å². The maximum atomic E-state index is 12.5. The molecule has 2 heterocycles. The molecule has 0 aromatic heterocycles. The van der Waals surface area contributed by atoms with E-state index in [1.54, 1.807) is 18.2 Å². The van der Waals surface area contributed by atoms with Gasteiger partial charge in [0, 0.05) is 24.4 Å². The van der Waals surface area contributed by atoms with E-state index in [4.69, 9.17) is 0 Å². The normalized spacial score (nSPS) is 20.4. The minimum Gasteiger partial charge on any atom is -0.301 e. The highest BCUT2D eigenvalue weighted by Gasteiger charge is 2.58. The molecule has 0 N–H and O–H groups in total. The summed E-state index contributed by atoms with van der Waals surface area (Å²) in [7, 11) is 0. The molecule has 158 valence electrons. The third-order valence-electron chi connectivity index (χ3n) is 4.81. The molecule has 0 aliphatic carbocycles. The van der Waals surface area contributed by atoms with E-state index in [1.807, 2.05) is 42.2 Å². The maximum absolute atomic E-state index is 12.5. The van der Waals surface area contributed by atoms with Crippen LogP contribution in [0.25, 0.3) is 0 Å². The predicted octanol–water partition coefficient (Wildman–Crippen LogP) is 4.74. The van der Waals surface area contributed by atoms with Crippen LogP contribution in [0.1, 0.15) is 20.8 Å². The lowest BCUT2D eigenvalue weighted by Crippen LogP contribution is -2.49. The average molecular weight is 455 g/mol. The van der Waals surface area contributed by atoms with Crippen molar-refractivity contribution in [2.45, 2.75) is 25.1 Å². The van der Waals surface area contributed by atoms with Crippen LogP contribution in [0.5, 0.6) is 0 Å². The molecular weight excluding hydrogens is 436 g/mol. The van der Waals surface area contributed by atoms with E-state index in [2.05, 4.69) is 5.10 Å². The van der Waals surface area contributed by atoms with Crippen LogP contribution in [-0.2, 0) is 9.59 Å². The lowest BCUT2D eigenvalue weighted by atomic mass is 10.2. The fourth-order valence-corrected chi connectivity index (χ4v) is 6.46. The van der Waals surface area contributed by atoms with Crippen molar-refractivity contribution in [1.82, 2.24) is 0 Å². The van der Waals surface area contributed by atoms with E-state index < -0.39 is 9.25 Å². The molecule has 0 radical (unpaired) electrons. The van der Waals surface area contributed by atoms with Crippen LogP contribution in [0.15, 0.2) is 70.3 Å². The highest BCUT2D eigenvalue weighted by Crippen LogP contribution is 2.60. The van der Waals surface area contributed by atoms with Gasteiger partial charge in [-0.2, -0.15) is 5.10 Å². The van der Waals surface area contributed by atoms with Crippen molar-refractivity contribution < 1.29 is 14.5 Å². The van der Waals surface area contributed by atoms with Crippen LogP contribution in [0.3, 0.4) is 0 Å². The second-order valence-corrected chi connectivity index (χ2v) is 9.51. The quantitative estimate of drug-likeness (QED) is 0.472. The number of ketones is 2. The number of allylic oxidation sites excluding steroid dienone is 2. The number of rotatable bonds is 5. The van der Waals surface area contributed by atoms with Gasteiger partial charge < -0.3 is 4.90 Å². The third-order valence-corrected chi connectivity index (χ3v) is 7.90. The van der Waals surface area contributed by atoms with Crippen molar-refractivity contribution in [2.75, 3.05) is 9.91 Å². The van der Waals surface area contributed by atoms with E-state index in [0.717, 1.165) is 5.69 Å². The Morgan fingerprint density at radius 2 is 1.65 bits per heavy atom. The molecule has 4 rings (SSSR count). The minimum absolute atomic E-state index is 0.125. The van der Waals surface area contributed by atoms with Crippen LogP contribution in [0.4, 0.5) is 17.1 Å². The first kappa shape index (κ1) is 21.1. The molecule has 2 aromatic rings. The van der Waals surface area contributed by atoms with Crippen LogP contribution in [-0.4, -0.2) is 25.9 Å². The summed E-state index contributed by atoms with van der Waals surface area (Å²) in [6, 6.07) is 15.6. The van der Waals surface area contributed by atoms with Crippen LogP contribution in [0, 0.1) is 10.1 Å². The molecule has 0 saturated carbocycles. The van der Waals surface area contributed by atoms with Crippen molar-refractivity contribution in [3.05, 3.63) is 75.3 Å². The number of Topliss-reactive ketones (excluding diaryl/α,β-unsaturated/α-hetero) is 2. The molecule has 31 heavy (non-hydrogen) atoms. The molecule has 0 amide bonds. The first-order valence-electron chi connectivity index (χ1n) is 9.34. The number of carbonyl (C=O) groups excluding carboxylic acids is 2. The van der Waals surface area contributed by atoms with Gasteiger partial charge in [-0.1, -0.05) is 42.1 Å². The monoisotopic (exact) mass is 454 g/mol. The summed E-state index contributed by atoms with van der Waals surface area (Å²) in [5, 5.41) is 18.0. The standard InChI is InChI=1S/C21H18N4O4S2/c1-13-19(14(2)26)30-21(23(13)16-9-5-4-6-10-16)24(22-20(31-21)15(3)27)17-11-7-8-12-18(17)25(28)29/h4-12H,1-3H3/t21-/m0/s1. The zero-order valence-corrected chi connectivity index (χ0v) is 18.6. The Bertz CT molecular complexity index is 1160. The molecule has 2 aromatic carbocycles. The number of para-hydroxylation sites is 3. The Morgan fingerprint density at radius 3 is 2.26 bits per heavy atom. The Morgan fingerprint density at radius 1 is 1.00 bits per heavy atom. The van der Waals surface area contributed by atoms with Gasteiger partial charge in [-0.25, -0.2) is 5.01 Å². The predicted molar refractivity (Wildman–Crippen MR) is 124 cm³/mol. The van der Waals surface area contributed by atoms with Gasteiger partial charge in [-0.15, -0.1) is 0 Å². The largest absolute Gasteiger partial charge is 0.301 e. The van der Waals surface area contributed by atoms with Crippen molar-refractivity contribution in [1.29, 1.82) is 0 Å². The number of nitro groups is 1. The first-order chi connectivity index (χ1) is 14.8. The second-order valence-electron chi connectivity index (χ2n) is 6.91. The molecule has 8 nitrogen and oxygen atoms in total. The maximum Gasteiger partial charge on any atom is 0.294 e. The molecule has 10 heteroatoms. The molecule has 0 fully saturated rings. The van der Waals surface area contributed by atoms with Gasteiger partial charge in [0.05, 0.1) is 9.83 Å². The fraction of sp³-hybridized carbons (Fsp3) is 0.190. The number of hydrazone groups is 1. The lowest BCUT2D eigenvalue weighted by Gasteiger charge is -2.41. The number of thioether (sulfide) groups is 2. The fourth-order valence-electron chi connectivity index (χ4n) is 3.52. The number of carbonyl (C=O) groups is 2. The van der Waals surface area contributed by atoms with Crippen molar-refractivity contribution >= 4 is 57.2 Å². The van der Waals surface area contributed by atoms with Crippen molar-refractivity contribution in [3.63, 3.8) is 0 Å². The molecule has 0 saturated heterocycles. The summed E-state index contributed by atoms with van der Waals surface area (Å²) in [5.74, 6) is -0.382. The Hall–Kier alpha value is -3.11. The summed E-state index contributed by atoms with van der Waals surface area (Å²) < 4.78 is -1.14. The number of benzene rings is 2. The summed E-state index contributed by atoms with van der Waals surface area (Å²) in [6.45, 7) is 4.71. The van der Waals surface area contributed by atoms with Gasteiger partial charge in [0.15, 0.2) is 16.6 Å². The number of nitro benzene ring substituents is 1. The molecule has 2 aliphatic heterocycles. The van der Waals surface area contributed by atoms with Gasteiger partial charge in [-0.3, -0.25) is 19.7 Å². The van der Waals surface area contributed by atoms with E-state index in [0.29, 0.717) is 10.6 Å².